The van der Waals surface area contributed by atoms with E-state index >= 15 is 0 Å². The predicted molar refractivity (Wildman–Crippen MR) is 100 cm³/mol. The van der Waals surface area contributed by atoms with Crippen LogP contribution in [0.25, 0.3) is 23.2 Å². The molecule has 3 aromatic rings. The van der Waals surface area contributed by atoms with Crippen molar-refractivity contribution in [3.63, 3.8) is 0 Å². The Morgan fingerprint density at radius 3 is 2.52 bits per heavy atom. The van der Waals surface area contributed by atoms with Gasteiger partial charge in [-0.15, -0.1) is 5.10 Å². The summed E-state index contributed by atoms with van der Waals surface area (Å²) in [4.78, 5) is 27.2. The van der Waals surface area contributed by atoms with Gasteiger partial charge in [0, 0.05) is 41.3 Å². The second-order valence-electron chi connectivity index (χ2n) is 6.80. The van der Waals surface area contributed by atoms with E-state index in [2.05, 4.69) is 25.0 Å². The third-order valence-corrected chi connectivity index (χ3v) is 4.49. The van der Waals surface area contributed by atoms with E-state index in [9.17, 15) is 18.0 Å². The monoisotopic (exact) mass is 426 g/mol. The molecule has 9 nitrogen and oxygen atoms in total. The molecule has 0 radical (unpaired) electrons. The number of carbonyl (C=O) groups is 1. The maximum absolute atomic E-state index is 13.3. The summed E-state index contributed by atoms with van der Waals surface area (Å²) < 4.78 is 40.9. The Morgan fingerprint density at radius 1 is 1.23 bits per heavy atom. The largest absolute Gasteiger partial charge is 0.433 e. The van der Waals surface area contributed by atoms with E-state index in [1.165, 1.54) is 24.9 Å². The summed E-state index contributed by atoms with van der Waals surface area (Å²) in [7, 11) is 0. The quantitative estimate of drug-likeness (QED) is 0.619. The first-order valence-corrected chi connectivity index (χ1v) is 8.99. The van der Waals surface area contributed by atoms with Crippen LogP contribution in [0.3, 0.4) is 0 Å². The molecule has 2 N–H and O–H groups in total. The Labute approximate surface area is 173 Å². The Morgan fingerprint density at radius 2 is 1.94 bits per heavy atom. The molecule has 0 unspecified atom stereocenters. The van der Waals surface area contributed by atoms with Crippen LogP contribution in [0, 0.1) is 11.3 Å². The van der Waals surface area contributed by atoms with Gasteiger partial charge < -0.3 is 5.73 Å². The summed E-state index contributed by atoms with van der Waals surface area (Å²) in [6.45, 7) is 0. The van der Waals surface area contributed by atoms with Crippen molar-refractivity contribution in [3.8, 4) is 17.5 Å². The van der Waals surface area contributed by atoms with Gasteiger partial charge in [0.05, 0.1) is 5.57 Å². The maximum atomic E-state index is 13.3. The Bertz CT molecular complexity index is 1220. The van der Waals surface area contributed by atoms with Crippen LogP contribution in [-0.2, 0) is 11.0 Å². The predicted octanol–water partition coefficient (Wildman–Crippen LogP) is 2.38. The minimum absolute atomic E-state index is 0.000813. The van der Waals surface area contributed by atoms with Gasteiger partial charge in [-0.05, 0) is 25.0 Å². The van der Waals surface area contributed by atoms with E-state index < -0.39 is 17.8 Å². The fourth-order valence-corrected chi connectivity index (χ4v) is 2.82. The zero-order valence-electron chi connectivity index (χ0n) is 15.7. The molecule has 0 bridgehead atoms. The second-order valence-corrected chi connectivity index (χ2v) is 6.80. The van der Waals surface area contributed by atoms with Gasteiger partial charge in [0.2, 0.25) is 5.82 Å². The molecule has 4 rings (SSSR count). The van der Waals surface area contributed by atoms with Crippen molar-refractivity contribution in [2.75, 3.05) is 0 Å². The van der Waals surface area contributed by atoms with Gasteiger partial charge in [-0.25, -0.2) is 24.6 Å². The lowest BCUT2D eigenvalue weighted by Gasteiger charge is -2.09. The van der Waals surface area contributed by atoms with E-state index in [1.54, 1.807) is 12.1 Å². The normalized spacial score (nSPS) is 14.3. The number of hydrogen-bond donors (Lipinski definition) is 1. The molecule has 12 heteroatoms. The van der Waals surface area contributed by atoms with Crippen molar-refractivity contribution in [2.45, 2.75) is 24.9 Å². The molecule has 0 atom stereocenters. The van der Waals surface area contributed by atoms with Gasteiger partial charge in [0.1, 0.15) is 18.1 Å². The smallest absolute Gasteiger partial charge is 0.366 e. The van der Waals surface area contributed by atoms with Crippen molar-refractivity contribution in [2.24, 2.45) is 5.73 Å². The number of nitrogens with zero attached hydrogens (tertiary/aromatic N) is 7. The highest BCUT2D eigenvalue weighted by atomic mass is 19.4. The van der Waals surface area contributed by atoms with Crippen molar-refractivity contribution in [1.29, 1.82) is 5.26 Å². The third kappa shape index (κ3) is 4.40. The van der Waals surface area contributed by atoms with Gasteiger partial charge in [-0.2, -0.15) is 18.4 Å². The fraction of sp³-hybridized carbons (Fsp3) is 0.211. The van der Waals surface area contributed by atoms with Gasteiger partial charge in [-0.3, -0.25) is 4.79 Å². The minimum atomic E-state index is -4.60. The van der Waals surface area contributed by atoms with Crippen molar-refractivity contribution in [1.82, 2.24) is 29.7 Å². The van der Waals surface area contributed by atoms with Crippen LogP contribution in [-0.4, -0.2) is 35.6 Å². The van der Waals surface area contributed by atoms with E-state index in [4.69, 9.17) is 11.0 Å². The molecule has 156 valence electrons. The number of aromatic nitrogens is 6. The zero-order chi connectivity index (χ0) is 22.2. The molecule has 1 fully saturated rings. The Balaban J connectivity index is 1.71. The highest BCUT2D eigenvalue weighted by Gasteiger charge is 2.35. The number of pyridine rings is 1. The molecule has 31 heavy (non-hydrogen) atoms. The summed E-state index contributed by atoms with van der Waals surface area (Å²) in [6, 6.07) is 4.18. The van der Waals surface area contributed by atoms with E-state index in [0.717, 1.165) is 23.6 Å². The Kier molecular flexibility index (Phi) is 4.94. The number of halogens is 3. The SMILES string of the molecule is N#Cc1ncc(/C(=C\n2cnc(-c3cc(C4CC4)nc(C(F)(F)F)c3)n2)C(N)=O)cn1. The zero-order valence-corrected chi connectivity index (χ0v) is 15.7. The van der Waals surface area contributed by atoms with Crippen LogP contribution >= 0.6 is 0 Å². The number of carbonyl (C=O) groups excluding carboxylic acids is 1. The average molecular weight is 426 g/mol. The molecule has 0 saturated heterocycles. The molecular formula is C19H13F3N8O. The summed E-state index contributed by atoms with van der Waals surface area (Å²) in [6.07, 6.45) is 1.95. The van der Waals surface area contributed by atoms with Gasteiger partial charge in [0.15, 0.2) is 5.82 Å². The minimum Gasteiger partial charge on any atom is -0.366 e. The van der Waals surface area contributed by atoms with Crippen LogP contribution in [0.4, 0.5) is 13.2 Å². The fourth-order valence-electron chi connectivity index (χ4n) is 2.82. The van der Waals surface area contributed by atoms with Crippen LogP contribution in [0.1, 0.15) is 41.5 Å². The van der Waals surface area contributed by atoms with Crippen LogP contribution in [0.2, 0.25) is 0 Å². The molecule has 0 aliphatic heterocycles. The Hall–Kier alpha value is -4.14. The van der Waals surface area contributed by atoms with Gasteiger partial charge in [-0.1, -0.05) is 0 Å². The number of amides is 1. The van der Waals surface area contributed by atoms with Crippen LogP contribution in [0.15, 0.2) is 30.9 Å². The van der Waals surface area contributed by atoms with Crippen molar-refractivity contribution < 1.29 is 18.0 Å². The lowest BCUT2D eigenvalue weighted by atomic mass is 10.1. The van der Waals surface area contributed by atoms with Crippen LogP contribution < -0.4 is 5.73 Å². The first-order chi connectivity index (χ1) is 14.7. The molecule has 1 amide bonds. The third-order valence-electron chi connectivity index (χ3n) is 4.49. The lowest BCUT2D eigenvalue weighted by molar-refractivity contribution is -0.141. The van der Waals surface area contributed by atoms with E-state index in [1.807, 2.05) is 0 Å². The maximum Gasteiger partial charge on any atom is 0.433 e. The summed E-state index contributed by atoms with van der Waals surface area (Å²) in [5, 5.41) is 12.9. The summed E-state index contributed by atoms with van der Waals surface area (Å²) >= 11 is 0. The topological polar surface area (TPSA) is 136 Å². The average Bonchev–Trinajstić information content (AvgIpc) is 3.49. The molecule has 0 aromatic carbocycles. The molecule has 1 aliphatic carbocycles. The number of nitrogens with two attached hydrogens (primary N) is 1. The lowest BCUT2D eigenvalue weighted by Crippen LogP contribution is -2.14. The number of rotatable bonds is 5. The number of primary amides is 1. The van der Waals surface area contributed by atoms with E-state index in [-0.39, 0.29) is 34.3 Å². The molecule has 0 spiro atoms. The molecule has 1 saturated carbocycles. The van der Waals surface area contributed by atoms with Crippen molar-refractivity contribution >= 4 is 17.7 Å². The first kappa shape index (κ1) is 20.1. The van der Waals surface area contributed by atoms with Gasteiger partial charge in [0.25, 0.3) is 5.91 Å². The highest BCUT2D eigenvalue weighted by Crippen LogP contribution is 2.41. The highest BCUT2D eigenvalue weighted by molar-refractivity contribution is 6.22. The molecule has 1 aliphatic rings. The van der Waals surface area contributed by atoms with Gasteiger partial charge >= 0.3 is 6.18 Å². The number of nitriles is 1. The first-order valence-electron chi connectivity index (χ1n) is 8.99. The van der Waals surface area contributed by atoms with E-state index in [0.29, 0.717) is 5.69 Å². The van der Waals surface area contributed by atoms with Crippen LogP contribution in [0.5, 0.6) is 0 Å². The molecule has 3 heterocycles. The van der Waals surface area contributed by atoms with Crippen molar-refractivity contribution in [3.05, 3.63) is 53.6 Å². The number of alkyl halides is 3. The summed E-state index contributed by atoms with van der Waals surface area (Å²) in [5.74, 6) is -0.864. The summed E-state index contributed by atoms with van der Waals surface area (Å²) in [5.41, 5.74) is 5.13. The second kappa shape index (κ2) is 7.60. The molecular weight excluding hydrogens is 413 g/mol. The standard InChI is InChI=1S/C19H13F3N8O/c20-19(21,22)15-4-11(3-14(28-15)10-1-2-10)18-27-9-30(29-18)8-13(17(24)31)12-6-25-16(5-23)26-7-12/h3-4,6-10H,1-2H2,(H2,24,31)/b13-8+. The number of hydrogen-bond acceptors (Lipinski definition) is 7. The molecule has 3 aromatic heterocycles.